The van der Waals surface area contributed by atoms with Gasteiger partial charge in [0, 0.05) is 6.42 Å². The molecule has 0 aliphatic heterocycles. The highest BCUT2D eigenvalue weighted by atomic mass is 32.1. The lowest BCUT2D eigenvalue weighted by Gasteiger charge is -2.17. The standard InChI is InChI=1S/C12H15NO3S/c1-3-16-12(15)9-7-4-6(2)5-8(14)10(7)17-11(9)13/h6H,3-5,13H2,1-2H3. The normalized spacial score (nSPS) is 18.9. The number of ketones is 1. The molecule has 1 unspecified atom stereocenters. The maximum Gasteiger partial charge on any atom is 0.341 e. The zero-order valence-electron chi connectivity index (χ0n) is 9.91. The number of thiophene rings is 1. The molecule has 0 bridgehead atoms. The van der Waals surface area contributed by atoms with Crippen molar-refractivity contribution in [1.82, 2.24) is 0 Å². The van der Waals surface area contributed by atoms with E-state index in [1.165, 1.54) is 11.3 Å². The topological polar surface area (TPSA) is 69.4 Å². The molecule has 1 heterocycles. The van der Waals surface area contributed by atoms with Gasteiger partial charge in [0.1, 0.15) is 5.00 Å². The van der Waals surface area contributed by atoms with Gasteiger partial charge >= 0.3 is 5.97 Å². The minimum atomic E-state index is -0.413. The SMILES string of the molecule is CCOC(=O)c1c(N)sc2c1CC(C)CC2=O. The fourth-order valence-electron chi connectivity index (χ4n) is 2.16. The first-order chi connectivity index (χ1) is 8.04. The van der Waals surface area contributed by atoms with Crippen LogP contribution in [-0.2, 0) is 11.2 Å². The van der Waals surface area contributed by atoms with Crippen LogP contribution in [-0.4, -0.2) is 18.4 Å². The average molecular weight is 253 g/mol. The van der Waals surface area contributed by atoms with Crippen LogP contribution in [0.3, 0.4) is 0 Å². The van der Waals surface area contributed by atoms with Crippen molar-refractivity contribution in [3.63, 3.8) is 0 Å². The molecule has 0 spiro atoms. The zero-order valence-corrected chi connectivity index (χ0v) is 10.7. The molecule has 1 aromatic rings. The zero-order chi connectivity index (χ0) is 12.6. The van der Waals surface area contributed by atoms with Crippen LogP contribution in [0.4, 0.5) is 5.00 Å². The van der Waals surface area contributed by atoms with E-state index in [2.05, 4.69) is 0 Å². The average Bonchev–Trinajstić information content (AvgIpc) is 2.55. The second-order valence-electron chi connectivity index (χ2n) is 4.31. The van der Waals surface area contributed by atoms with Crippen LogP contribution >= 0.6 is 11.3 Å². The largest absolute Gasteiger partial charge is 0.462 e. The Balaban J connectivity index is 2.47. The summed E-state index contributed by atoms with van der Waals surface area (Å²) in [6.45, 7) is 4.07. The fourth-order valence-corrected chi connectivity index (χ4v) is 3.20. The van der Waals surface area contributed by atoms with E-state index in [1.807, 2.05) is 6.92 Å². The number of rotatable bonds is 2. The number of carbonyl (C=O) groups is 2. The van der Waals surface area contributed by atoms with E-state index in [-0.39, 0.29) is 11.7 Å². The van der Waals surface area contributed by atoms with Crippen LogP contribution in [0.5, 0.6) is 0 Å². The van der Waals surface area contributed by atoms with Gasteiger partial charge in [0.2, 0.25) is 0 Å². The highest BCUT2D eigenvalue weighted by molar-refractivity contribution is 7.18. The first kappa shape index (κ1) is 12.1. The number of fused-ring (bicyclic) bond motifs is 1. The predicted molar refractivity (Wildman–Crippen MR) is 66.5 cm³/mol. The summed E-state index contributed by atoms with van der Waals surface area (Å²) in [5, 5.41) is 0.399. The van der Waals surface area contributed by atoms with Gasteiger partial charge in [0.25, 0.3) is 0 Å². The quantitative estimate of drug-likeness (QED) is 0.821. The van der Waals surface area contributed by atoms with Gasteiger partial charge in [-0.2, -0.15) is 0 Å². The van der Waals surface area contributed by atoms with Crippen molar-refractivity contribution in [3.8, 4) is 0 Å². The van der Waals surface area contributed by atoms with E-state index in [1.54, 1.807) is 6.92 Å². The number of Topliss-reactive ketones (excluding diaryl/α,β-unsaturated/α-hetero) is 1. The van der Waals surface area contributed by atoms with Gasteiger partial charge in [0.15, 0.2) is 5.78 Å². The van der Waals surface area contributed by atoms with Gasteiger partial charge in [-0.15, -0.1) is 11.3 Å². The molecular formula is C12H15NO3S. The van der Waals surface area contributed by atoms with E-state index >= 15 is 0 Å². The molecule has 0 aromatic carbocycles. The summed E-state index contributed by atoms with van der Waals surface area (Å²) in [6, 6.07) is 0. The van der Waals surface area contributed by atoms with Gasteiger partial charge in [-0.1, -0.05) is 6.92 Å². The first-order valence-electron chi connectivity index (χ1n) is 5.66. The molecule has 0 saturated carbocycles. The molecule has 4 nitrogen and oxygen atoms in total. The van der Waals surface area contributed by atoms with Crippen molar-refractivity contribution >= 4 is 28.1 Å². The Morgan fingerprint density at radius 2 is 2.24 bits per heavy atom. The van der Waals surface area contributed by atoms with Crippen molar-refractivity contribution in [2.45, 2.75) is 26.7 Å². The molecule has 2 rings (SSSR count). The molecule has 1 aliphatic carbocycles. The Labute approximate surface area is 104 Å². The third-order valence-corrected chi connectivity index (χ3v) is 3.96. The highest BCUT2D eigenvalue weighted by Gasteiger charge is 2.31. The summed E-state index contributed by atoms with van der Waals surface area (Å²) in [4.78, 5) is 24.3. The van der Waals surface area contributed by atoms with E-state index in [0.29, 0.717) is 28.5 Å². The molecule has 1 aromatic heterocycles. The monoisotopic (exact) mass is 253 g/mol. The van der Waals surface area contributed by atoms with Crippen LogP contribution in [0.25, 0.3) is 0 Å². The summed E-state index contributed by atoms with van der Waals surface area (Å²) >= 11 is 1.21. The summed E-state index contributed by atoms with van der Waals surface area (Å²) in [5.74, 6) is -0.0624. The van der Waals surface area contributed by atoms with Gasteiger partial charge in [-0.05, 0) is 24.8 Å². The molecule has 2 N–H and O–H groups in total. The number of nitrogen functional groups attached to an aromatic ring is 1. The molecule has 0 radical (unpaired) electrons. The molecule has 92 valence electrons. The number of esters is 1. The molecular weight excluding hydrogens is 238 g/mol. The molecule has 1 aliphatic rings. The van der Waals surface area contributed by atoms with Gasteiger partial charge < -0.3 is 10.5 Å². The van der Waals surface area contributed by atoms with Gasteiger partial charge in [-0.25, -0.2) is 4.79 Å². The minimum Gasteiger partial charge on any atom is -0.462 e. The molecule has 0 amide bonds. The Morgan fingerprint density at radius 3 is 2.88 bits per heavy atom. The van der Waals surface area contributed by atoms with Crippen molar-refractivity contribution in [2.75, 3.05) is 12.3 Å². The highest BCUT2D eigenvalue weighted by Crippen LogP contribution is 2.38. The maximum atomic E-state index is 11.8. The van der Waals surface area contributed by atoms with Crippen LogP contribution in [0.1, 0.15) is 45.9 Å². The predicted octanol–water partition coefficient (Wildman–Crippen LogP) is 2.27. The van der Waals surface area contributed by atoms with Crippen molar-refractivity contribution in [1.29, 1.82) is 0 Å². The van der Waals surface area contributed by atoms with E-state index in [4.69, 9.17) is 10.5 Å². The Hall–Kier alpha value is -1.36. The fraction of sp³-hybridized carbons (Fsp3) is 0.500. The number of anilines is 1. The summed E-state index contributed by atoms with van der Waals surface area (Å²) in [5.41, 5.74) is 7.02. The number of ether oxygens (including phenoxy) is 1. The Kier molecular flexibility index (Phi) is 3.19. The van der Waals surface area contributed by atoms with Gasteiger partial charge in [0.05, 0.1) is 17.0 Å². The third-order valence-electron chi connectivity index (χ3n) is 2.85. The molecule has 1 atom stereocenters. The number of hydrogen-bond donors (Lipinski definition) is 1. The van der Waals surface area contributed by atoms with E-state index in [9.17, 15) is 9.59 Å². The van der Waals surface area contributed by atoms with E-state index < -0.39 is 5.97 Å². The van der Waals surface area contributed by atoms with Crippen molar-refractivity contribution in [2.24, 2.45) is 5.92 Å². The summed E-state index contributed by atoms with van der Waals surface area (Å²) < 4.78 is 4.98. The van der Waals surface area contributed by atoms with Crippen LogP contribution in [0.2, 0.25) is 0 Å². The number of carbonyl (C=O) groups excluding carboxylic acids is 2. The second kappa shape index (κ2) is 4.49. The van der Waals surface area contributed by atoms with Gasteiger partial charge in [-0.3, -0.25) is 4.79 Å². The minimum absolute atomic E-state index is 0.0889. The Morgan fingerprint density at radius 1 is 1.53 bits per heavy atom. The maximum absolute atomic E-state index is 11.8. The first-order valence-corrected chi connectivity index (χ1v) is 6.47. The van der Waals surface area contributed by atoms with Crippen LogP contribution < -0.4 is 5.73 Å². The Bertz CT molecular complexity index is 478. The number of hydrogen-bond acceptors (Lipinski definition) is 5. The lowest BCUT2D eigenvalue weighted by atomic mass is 9.87. The third kappa shape index (κ3) is 2.07. The number of nitrogens with two attached hydrogens (primary N) is 1. The lowest BCUT2D eigenvalue weighted by Crippen LogP contribution is -2.18. The molecule has 0 fully saturated rings. The summed E-state index contributed by atoms with van der Waals surface area (Å²) in [6.07, 6.45) is 1.26. The van der Waals surface area contributed by atoms with Crippen LogP contribution in [0, 0.1) is 5.92 Å². The van der Waals surface area contributed by atoms with Crippen LogP contribution in [0.15, 0.2) is 0 Å². The van der Waals surface area contributed by atoms with Crippen molar-refractivity contribution < 1.29 is 14.3 Å². The molecule has 0 saturated heterocycles. The van der Waals surface area contributed by atoms with Crippen molar-refractivity contribution in [3.05, 3.63) is 16.0 Å². The summed E-state index contributed by atoms with van der Waals surface area (Å²) in [7, 11) is 0. The van der Waals surface area contributed by atoms with E-state index in [0.717, 1.165) is 12.0 Å². The second-order valence-corrected chi connectivity index (χ2v) is 5.36. The smallest absolute Gasteiger partial charge is 0.341 e. The molecule has 17 heavy (non-hydrogen) atoms. The molecule has 5 heteroatoms. The lowest BCUT2D eigenvalue weighted by molar-refractivity contribution is 0.0526.